The standard InChI is InChI=1S/C21H25N5O4/c27-17-5-4-16(19(28)23-17)26-20(29)15-3-1-2-13(18(15)21(26)30)10-24-11-14(12-24)25-8-6-22-7-9-25/h1-3,14,16,22H,4-12H2,(H,23,27,28). The Morgan fingerprint density at radius 1 is 1.00 bits per heavy atom. The molecule has 1 unspecified atom stereocenters. The van der Waals surface area contributed by atoms with E-state index in [0.29, 0.717) is 23.7 Å². The van der Waals surface area contributed by atoms with Gasteiger partial charge in [-0.2, -0.15) is 0 Å². The lowest BCUT2D eigenvalue weighted by atomic mass is 9.99. The number of carbonyl (C=O) groups is 4. The molecule has 0 bridgehead atoms. The molecule has 5 rings (SSSR count). The Morgan fingerprint density at radius 3 is 2.50 bits per heavy atom. The van der Waals surface area contributed by atoms with Crippen molar-refractivity contribution in [1.29, 1.82) is 0 Å². The van der Waals surface area contributed by atoms with Crippen molar-refractivity contribution in [2.24, 2.45) is 0 Å². The van der Waals surface area contributed by atoms with Gasteiger partial charge in [-0.25, -0.2) is 0 Å². The molecule has 0 radical (unpaired) electrons. The molecular weight excluding hydrogens is 386 g/mol. The first-order valence-electron chi connectivity index (χ1n) is 10.5. The number of amides is 4. The van der Waals surface area contributed by atoms with Crippen LogP contribution in [0.15, 0.2) is 18.2 Å². The monoisotopic (exact) mass is 411 g/mol. The second kappa shape index (κ2) is 7.57. The van der Waals surface area contributed by atoms with E-state index in [0.717, 1.165) is 49.7 Å². The summed E-state index contributed by atoms with van der Waals surface area (Å²) in [7, 11) is 0. The van der Waals surface area contributed by atoms with Crippen LogP contribution < -0.4 is 10.6 Å². The van der Waals surface area contributed by atoms with E-state index < -0.39 is 23.8 Å². The molecule has 4 amide bonds. The highest BCUT2D eigenvalue weighted by Gasteiger charge is 2.45. The van der Waals surface area contributed by atoms with Crippen LogP contribution in [0.25, 0.3) is 0 Å². The van der Waals surface area contributed by atoms with Gasteiger partial charge in [0.2, 0.25) is 11.8 Å². The second-order valence-corrected chi connectivity index (χ2v) is 8.42. The summed E-state index contributed by atoms with van der Waals surface area (Å²) < 4.78 is 0. The van der Waals surface area contributed by atoms with E-state index in [2.05, 4.69) is 20.4 Å². The number of nitrogens with zero attached hydrogens (tertiary/aromatic N) is 3. The fourth-order valence-corrected chi connectivity index (χ4v) is 4.91. The molecular formula is C21H25N5O4. The molecule has 0 saturated carbocycles. The Balaban J connectivity index is 1.30. The molecule has 4 aliphatic heterocycles. The van der Waals surface area contributed by atoms with Gasteiger partial charge in [0.05, 0.1) is 11.1 Å². The van der Waals surface area contributed by atoms with E-state index in [1.807, 2.05) is 6.07 Å². The fraction of sp³-hybridized carbons (Fsp3) is 0.524. The summed E-state index contributed by atoms with van der Waals surface area (Å²) in [5, 5.41) is 5.60. The van der Waals surface area contributed by atoms with Crippen molar-refractivity contribution in [3.05, 3.63) is 34.9 Å². The molecule has 1 aromatic rings. The predicted octanol–water partition coefficient (Wildman–Crippen LogP) is -0.823. The molecule has 158 valence electrons. The number of rotatable bonds is 4. The summed E-state index contributed by atoms with van der Waals surface area (Å²) in [6.45, 7) is 6.67. The summed E-state index contributed by atoms with van der Waals surface area (Å²) in [5.41, 5.74) is 1.57. The molecule has 1 aromatic carbocycles. The van der Waals surface area contributed by atoms with Crippen LogP contribution in [0.2, 0.25) is 0 Å². The number of carbonyl (C=O) groups excluding carboxylic acids is 4. The maximum Gasteiger partial charge on any atom is 0.262 e. The van der Waals surface area contributed by atoms with Gasteiger partial charge in [0.25, 0.3) is 11.8 Å². The third-order valence-corrected chi connectivity index (χ3v) is 6.55. The Bertz CT molecular complexity index is 920. The first-order chi connectivity index (χ1) is 14.5. The van der Waals surface area contributed by atoms with Gasteiger partial charge in [-0.05, 0) is 18.1 Å². The Labute approximate surface area is 174 Å². The minimum atomic E-state index is -0.927. The maximum atomic E-state index is 13.2. The zero-order valence-electron chi connectivity index (χ0n) is 16.7. The number of piperazine rings is 1. The third kappa shape index (κ3) is 3.23. The van der Waals surface area contributed by atoms with Crippen LogP contribution in [0.5, 0.6) is 0 Å². The highest BCUT2D eigenvalue weighted by atomic mass is 16.2. The minimum absolute atomic E-state index is 0.123. The average molecular weight is 411 g/mol. The molecule has 0 spiro atoms. The summed E-state index contributed by atoms with van der Waals surface area (Å²) >= 11 is 0. The third-order valence-electron chi connectivity index (χ3n) is 6.55. The molecule has 0 aliphatic carbocycles. The Kier molecular flexibility index (Phi) is 4.88. The highest BCUT2D eigenvalue weighted by Crippen LogP contribution is 2.31. The number of likely N-dealkylation sites (tertiary alicyclic amines) is 1. The van der Waals surface area contributed by atoms with Gasteiger partial charge in [-0.1, -0.05) is 12.1 Å². The van der Waals surface area contributed by atoms with E-state index in [4.69, 9.17) is 0 Å². The average Bonchev–Trinajstić information content (AvgIpc) is 2.96. The van der Waals surface area contributed by atoms with Crippen LogP contribution in [-0.2, 0) is 16.1 Å². The summed E-state index contributed by atoms with van der Waals surface area (Å²) in [6, 6.07) is 4.94. The molecule has 3 saturated heterocycles. The topological polar surface area (TPSA) is 102 Å². The van der Waals surface area contributed by atoms with Gasteiger partial charge in [-0.3, -0.25) is 39.2 Å². The molecule has 0 aromatic heterocycles. The maximum absolute atomic E-state index is 13.2. The Hall–Kier alpha value is -2.62. The van der Waals surface area contributed by atoms with Crippen molar-refractivity contribution in [1.82, 2.24) is 25.3 Å². The Morgan fingerprint density at radius 2 is 1.77 bits per heavy atom. The summed E-state index contributed by atoms with van der Waals surface area (Å²) in [4.78, 5) is 55.6. The van der Waals surface area contributed by atoms with Crippen LogP contribution in [0.3, 0.4) is 0 Å². The molecule has 3 fully saturated rings. The highest BCUT2D eigenvalue weighted by molar-refractivity contribution is 6.24. The first kappa shape index (κ1) is 19.3. The number of imide groups is 2. The number of fused-ring (bicyclic) bond motifs is 1. The molecule has 4 aliphatic rings. The van der Waals surface area contributed by atoms with E-state index >= 15 is 0 Å². The second-order valence-electron chi connectivity index (χ2n) is 8.42. The lowest BCUT2D eigenvalue weighted by Gasteiger charge is -2.47. The van der Waals surface area contributed by atoms with Crippen molar-refractivity contribution in [3.63, 3.8) is 0 Å². The number of hydrogen-bond acceptors (Lipinski definition) is 7. The summed E-state index contributed by atoms with van der Waals surface area (Å²) in [5.74, 6) is -1.83. The minimum Gasteiger partial charge on any atom is -0.314 e. The van der Waals surface area contributed by atoms with E-state index in [1.165, 1.54) is 0 Å². The van der Waals surface area contributed by atoms with Crippen LogP contribution in [0, 0.1) is 0 Å². The van der Waals surface area contributed by atoms with Crippen molar-refractivity contribution in [2.45, 2.75) is 31.5 Å². The van der Waals surface area contributed by atoms with Gasteiger partial charge in [0.1, 0.15) is 6.04 Å². The first-order valence-corrected chi connectivity index (χ1v) is 10.5. The van der Waals surface area contributed by atoms with E-state index in [-0.39, 0.29) is 18.7 Å². The molecule has 2 N–H and O–H groups in total. The van der Waals surface area contributed by atoms with Crippen molar-refractivity contribution in [2.75, 3.05) is 39.3 Å². The van der Waals surface area contributed by atoms with Gasteiger partial charge in [0.15, 0.2) is 0 Å². The largest absolute Gasteiger partial charge is 0.314 e. The number of piperidine rings is 1. The molecule has 9 heteroatoms. The zero-order chi connectivity index (χ0) is 20.8. The van der Waals surface area contributed by atoms with Gasteiger partial charge in [0, 0.05) is 58.3 Å². The fourth-order valence-electron chi connectivity index (χ4n) is 4.91. The SMILES string of the molecule is O=C1CCC(N2C(=O)c3cccc(CN4CC(N5CCNCC5)C4)c3C2=O)C(=O)N1. The molecule has 1 atom stereocenters. The number of hydrogen-bond donors (Lipinski definition) is 2. The van der Waals surface area contributed by atoms with Gasteiger partial charge in [-0.15, -0.1) is 0 Å². The zero-order valence-corrected chi connectivity index (χ0v) is 16.7. The normalized spacial score (nSPS) is 26.0. The van der Waals surface area contributed by atoms with Crippen LogP contribution in [0.1, 0.15) is 39.1 Å². The van der Waals surface area contributed by atoms with Crippen LogP contribution in [-0.4, -0.2) is 89.7 Å². The van der Waals surface area contributed by atoms with Crippen molar-refractivity contribution in [3.8, 4) is 0 Å². The van der Waals surface area contributed by atoms with Crippen LogP contribution in [0.4, 0.5) is 0 Å². The van der Waals surface area contributed by atoms with E-state index in [1.54, 1.807) is 12.1 Å². The number of benzene rings is 1. The molecule has 9 nitrogen and oxygen atoms in total. The van der Waals surface area contributed by atoms with Crippen molar-refractivity contribution < 1.29 is 19.2 Å². The van der Waals surface area contributed by atoms with Crippen LogP contribution >= 0.6 is 0 Å². The molecule has 4 heterocycles. The van der Waals surface area contributed by atoms with Gasteiger partial charge >= 0.3 is 0 Å². The van der Waals surface area contributed by atoms with E-state index in [9.17, 15) is 19.2 Å². The summed E-state index contributed by atoms with van der Waals surface area (Å²) in [6.07, 6.45) is 0.293. The number of nitrogens with one attached hydrogen (secondary N) is 2. The predicted molar refractivity (Wildman–Crippen MR) is 107 cm³/mol. The molecule has 30 heavy (non-hydrogen) atoms. The quantitative estimate of drug-likeness (QED) is 0.624. The van der Waals surface area contributed by atoms with Gasteiger partial charge < -0.3 is 5.32 Å². The smallest absolute Gasteiger partial charge is 0.262 e. The lowest BCUT2D eigenvalue weighted by Crippen LogP contribution is -2.62. The lowest BCUT2D eigenvalue weighted by molar-refractivity contribution is -0.136. The van der Waals surface area contributed by atoms with Crippen molar-refractivity contribution >= 4 is 23.6 Å².